The number of rotatable bonds is 8. The van der Waals surface area contributed by atoms with E-state index in [4.69, 9.17) is 16.3 Å². The molecule has 1 saturated heterocycles. The first-order chi connectivity index (χ1) is 12.5. The number of hydrogen-bond acceptors (Lipinski definition) is 5. The highest BCUT2D eigenvalue weighted by atomic mass is 35.5. The average Bonchev–Trinajstić information content (AvgIpc) is 2.64. The predicted octanol–water partition coefficient (Wildman–Crippen LogP) is 2.59. The third-order valence-electron chi connectivity index (χ3n) is 4.52. The number of hydrogen-bond donors (Lipinski definition) is 0. The fourth-order valence-electron chi connectivity index (χ4n) is 3.07. The van der Waals surface area contributed by atoms with Gasteiger partial charge in [0.1, 0.15) is 5.75 Å². The minimum absolute atomic E-state index is 0.137. The largest absolute Gasteiger partial charge is 0.492 e. The third-order valence-corrected chi connectivity index (χ3v) is 4.83. The second-order valence-corrected chi connectivity index (χ2v) is 6.85. The third kappa shape index (κ3) is 6.18. The van der Waals surface area contributed by atoms with Crippen LogP contribution >= 0.6 is 11.6 Å². The minimum Gasteiger partial charge on any atom is -0.492 e. The van der Waals surface area contributed by atoms with E-state index in [2.05, 4.69) is 9.64 Å². The van der Waals surface area contributed by atoms with Crippen LogP contribution in [-0.2, 0) is 14.3 Å². The molecule has 1 amide bonds. The monoisotopic (exact) mass is 382 g/mol. The molecule has 0 N–H and O–H groups in total. The zero-order valence-electron chi connectivity index (χ0n) is 15.4. The second-order valence-electron chi connectivity index (χ2n) is 6.45. The molecule has 1 aliphatic rings. The normalized spacial score (nSPS) is 17.8. The summed E-state index contributed by atoms with van der Waals surface area (Å²) in [6.45, 7) is 5.42. The standard InChI is InChI=1S/C19H27ClN2O4/c1-15-14-21(10-9-19(24)25-2)11-12-22(15)18(23)8-5-13-26-17-7-4-3-6-16(17)20/h3-4,6-7,15H,5,8-14H2,1-2H3/t15-/m0/s1. The molecule has 0 aromatic heterocycles. The van der Waals surface area contributed by atoms with Crippen molar-refractivity contribution in [2.45, 2.75) is 32.2 Å². The van der Waals surface area contributed by atoms with Crippen LogP contribution in [0.2, 0.25) is 5.02 Å². The van der Waals surface area contributed by atoms with Gasteiger partial charge in [-0.15, -0.1) is 0 Å². The van der Waals surface area contributed by atoms with Gasteiger partial charge in [0.25, 0.3) is 0 Å². The highest BCUT2D eigenvalue weighted by molar-refractivity contribution is 6.32. The van der Waals surface area contributed by atoms with Gasteiger partial charge in [-0.1, -0.05) is 23.7 Å². The molecular weight excluding hydrogens is 356 g/mol. The van der Waals surface area contributed by atoms with Crippen molar-refractivity contribution < 1.29 is 19.1 Å². The molecule has 0 saturated carbocycles. The number of piperazine rings is 1. The first kappa shape index (κ1) is 20.5. The molecule has 1 aliphatic heterocycles. The summed E-state index contributed by atoms with van der Waals surface area (Å²) in [7, 11) is 1.40. The molecule has 144 valence electrons. The Labute approximate surface area is 160 Å². The SMILES string of the molecule is COC(=O)CCN1CCN(C(=O)CCCOc2ccccc2Cl)[C@@H](C)C1. The van der Waals surface area contributed by atoms with Gasteiger partial charge >= 0.3 is 5.97 Å². The lowest BCUT2D eigenvalue weighted by Crippen LogP contribution is -2.54. The number of nitrogens with zero attached hydrogens (tertiary/aromatic N) is 2. The van der Waals surface area contributed by atoms with Crippen LogP contribution in [0.5, 0.6) is 5.75 Å². The minimum atomic E-state index is -0.199. The van der Waals surface area contributed by atoms with Crippen molar-refractivity contribution in [1.82, 2.24) is 9.80 Å². The van der Waals surface area contributed by atoms with E-state index in [0.29, 0.717) is 49.7 Å². The highest BCUT2D eigenvalue weighted by Crippen LogP contribution is 2.23. The Balaban J connectivity index is 1.68. The fourth-order valence-corrected chi connectivity index (χ4v) is 3.26. The van der Waals surface area contributed by atoms with Crippen LogP contribution in [-0.4, -0.2) is 67.6 Å². The smallest absolute Gasteiger partial charge is 0.306 e. The number of amides is 1. The molecule has 1 aromatic rings. The predicted molar refractivity (Wildman–Crippen MR) is 100 cm³/mol. The van der Waals surface area contributed by atoms with Gasteiger partial charge in [-0.3, -0.25) is 14.5 Å². The van der Waals surface area contributed by atoms with Crippen molar-refractivity contribution in [2.24, 2.45) is 0 Å². The van der Waals surface area contributed by atoms with Crippen molar-refractivity contribution in [2.75, 3.05) is 39.9 Å². The summed E-state index contributed by atoms with van der Waals surface area (Å²) < 4.78 is 10.3. The molecule has 26 heavy (non-hydrogen) atoms. The van der Waals surface area contributed by atoms with Crippen LogP contribution in [0, 0.1) is 0 Å². The van der Waals surface area contributed by atoms with Gasteiger partial charge in [0, 0.05) is 38.6 Å². The van der Waals surface area contributed by atoms with E-state index in [-0.39, 0.29) is 17.9 Å². The van der Waals surface area contributed by atoms with E-state index in [1.807, 2.05) is 30.0 Å². The van der Waals surface area contributed by atoms with Crippen LogP contribution in [0.4, 0.5) is 0 Å². The first-order valence-corrected chi connectivity index (χ1v) is 9.35. The average molecular weight is 383 g/mol. The molecule has 2 rings (SSSR count). The summed E-state index contributed by atoms with van der Waals surface area (Å²) in [5.74, 6) is 0.594. The fraction of sp³-hybridized carbons (Fsp3) is 0.579. The van der Waals surface area contributed by atoms with Crippen LogP contribution in [0.15, 0.2) is 24.3 Å². The molecule has 0 aliphatic carbocycles. The summed E-state index contributed by atoms with van der Waals surface area (Å²) in [6, 6.07) is 7.46. The van der Waals surface area contributed by atoms with Gasteiger partial charge in [-0.05, 0) is 25.5 Å². The van der Waals surface area contributed by atoms with E-state index < -0.39 is 0 Å². The number of carbonyl (C=O) groups excluding carboxylic acids is 2. The van der Waals surface area contributed by atoms with Gasteiger partial charge < -0.3 is 14.4 Å². The highest BCUT2D eigenvalue weighted by Gasteiger charge is 2.27. The van der Waals surface area contributed by atoms with E-state index in [0.717, 1.165) is 13.1 Å². The zero-order valence-corrected chi connectivity index (χ0v) is 16.2. The van der Waals surface area contributed by atoms with Crippen LogP contribution < -0.4 is 4.74 Å². The summed E-state index contributed by atoms with van der Waals surface area (Å²) in [4.78, 5) is 27.8. The molecule has 7 heteroatoms. The second kappa shape index (κ2) is 10.4. The lowest BCUT2D eigenvalue weighted by Gasteiger charge is -2.40. The quantitative estimate of drug-likeness (QED) is 0.511. The number of para-hydroxylation sites is 1. The molecule has 1 aromatic carbocycles. The Hall–Kier alpha value is -1.79. The lowest BCUT2D eigenvalue weighted by molar-refractivity contribution is -0.142. The Kier molecular flexibility index (Phi) is 8.19. The van der Waals surface area contributed by atoms with Crippen LogP contribution in [0.3, 0.4) is 0 Å². The van der Waals surface area contributed by atoms with Crippen molar-refractivity contribution >= 4 is 23.5 Å². The van der Waals surface area contributed by atoms with Gasteiger partial charge in [0.15, 0.2) is 0 Å². The lowest BCUT2D eigenvalue weighted by atomic mass is 10.1. The molecule has 6 nitrogen and oxygen atoms in total. The Morgan fingerprint density at radius 3 is 2.69 bits per heavy atom. The van der Waals surface area contributed by atoms with Gasteiger partial charge in [0.05, 0.1) is 25.2 Å². The summed E-state index contributed by atoms with van der Waals surface area (Å²) in [6.07, 6.45) is 1.49. The Morgan fingerprint density at radius 2 is 2.00 bits per heavy atom. The van der Waals surface area contributed by atoms with E-state index in [1.165, 1.54) is 7.11 Å². The Morgan fingerprint density at radius 1 is 1.23 bits per heavy atom. The molecular formula is C19H27ClN2O4. The summed E-state index contributed by atoms with van der Waals surface area (Å²) >= 11 is 6.04. The summed E-state index contributed by atoms with van der Waals surface area (Å²) in [5.41, 5.74) is 0. The van der Waals surface area contributed by atoms with Crippen LogP contribution in [0.25, 0.3) is 0 Å². The topological polar surface area (TPSA) is 59.1 Å². The van der Waals surface area contributed by atoms with Gasteiger partial charge in [-0.25, -0.2) is 0 Å². The maximum Gasteiger partial charge on any atom is 0.306 e. The molecule has 0 unspecified atom stereocenters. The van der Waals surface area contributed by atoms with E-state index >= 15 is 0 Å². The summed E-state index contributed by atoms with van der Waals surface area (Å²) in [5, 5.41) is 0.579. The molecule has 0 radical (unpaired) electrons. The van der Waals surface area contributed by atoms with Crippen molar-refractivity contribution in [3.05, 3.63) is 29.3 Å². The maximum atomic E-state index is 12.5. The maximum absolute atomic E-state index is 12.5. The molecule has 1 fully saturated rings. The number of methoxy groups -OCH3 is 1. The molecule has 0 bridgehead atoms. The van der Waals surface area contributed by atoms with Crippen LogP contribution in [0.1, 0.15) is 26.2 Å². The number of esters is 1. The van der Waals surface area contributed by atoms with Crippen molar-refractivity contribution in [1.29, 1.82) is 0 Å². The number of halogens is 1. The number of benzene rings is 1. The Bertz CT molecular complexity index is 611. The first-order valence-electron chi connectivity index (χ1n) is 8.97. The van der Waals surface area contributed by atoms with Gasteiger partial charge in [0.2, 0.25) is 5.91 Å². The van der Waals surface area contributed by atoms with Gasteiger partial charge in [-0.2, -0.15) is 0 Å². The molecule has 1 heterocycles. The zero-order chi connectivity index (χ0) is 18.9. The molecule has 0 spiro atoms. The number of carbonyl (C=O) groups is 2. The molecule has 1 atom stereocenters. The van der Waals surface area contributed by atoms with Crippen molar-refractivity contribution in [3.8, 4) is 5.75 Å². The number of ether oxygens (including phenoxy) is 2. The van der Waals surface area contributed by atoms with E-state index in [9.17, 15) is 9.59 Å². The van der Waals surface area contributed by atoms with Crippen molar-refractivity contribution in [3.63, 3.8) is 0 Å². The van der Waals surface area contributed by atoms with E-state index in [1.54, 1.807) is 6.07 Å².